The Morgan fingerprint density at radius 1 is 0.960 bits per heavy atom. The van der Waals surface area contributed by atoms with Gasteiger partial charge in [-0.3, -0.25) is 4.79 Å². The van der Waals surface area contributed by atoms with Crippen molar-refractivity contribution in [3.05, 3.63) is 53.1 Å². The quantitative estimate of drug-likeness (QED) is 0.512. The van der Waals surface area contributed by atoms with Crippen molar-refractivity contribution < 1.29 is 19.4 Å². The van der Waals surface area contributed by atoms with Crippen LogP contribution >= 0.6 is 0 Å². The van der Waals surface area contributed by atoms with Gasteiger partial charge in [0.15, 0.2) is 17.8 Å². The van der Waals surface area contributed by atoms with Gasteiger partial charge in [-0.1, -0.05) is 0 Å². The van der Waals surface area contributed by atoms with Gasteiger partial charge in [-0.05, 0) is 47.5 Å². The van der Waals surface area contributed by atoms with Crippen LogP contribution in [0.2, 0.25) is 0 Å². The first-order valence-electron chi connectivity index (χ1n) is 7.15. The van der Waals surface area contributed by atoms with Crippen molar-refractivity contribution in [2.75, 3.05) is 14.2 Å². The van der Waals surface area contributed by atoms with Crippen LogP contribution < -0.4 is 9.47 Å². The standard InChI is InChI=1S/C19H14N2O4/c1-24-18-6-4-13(8-19(18)25-2)16(10-21)15(9-20)12-3-5-17(23)14(7-12)11-22/h3-8,11,23H,1-2H3/b16-15+. The molecule has 0 spiro atoms. The lowest BCUT2D eigenvalue weighted by atomic mass is 9.95. The Balaban J connectivity index is 2.69. The summed E-state index contributed by atoms with van der Waals surface area (Å²) in [5, 5.41) is 28.7. The highest BCUT2D eigenvalue weighted by Crippen LogP contribution is 2.33. The van der Waals surface area contributed by atoms with Gasteiger partial charge in [0.25, 0.3) is 0 Å². The van der Waals surface area contributed by atoms with E-state index in [0.29, 0.717) is 28.9 Å². The molecule has 124 valence electrons. The van der Waals surface area contributed by atoms with Crippen molar-refractivity contribution in [1.29, 1.82) is 10.5 Å². The van der Waals surface area contributed by atoms with Crippen LogP contribution in [0.3, 0.4) is 0 Å². The van der Waals surface area contributed by atoms with E-state index < -0.39 is 0 Å². The van der Waals surface area contributed by atoms with Gasteiger partial charge in [-0.15, -0.1) is 0 Å². The highest BCUT2D eigenvalue weighted by molar-refractivity contribution is 6.03. The van der Waals surface area contributed by atoms with Crippen molar-refractivity contribution in [1.82, 2.24) is 0 Å². The van der Waals surface area contributed by atoms with E-state index in [1.807, 2.05) is 12.1 Å². The van der Waals surface area contributed by atoms with Gasteiger partial charge in [-0.2, -0.15) is 10.5 Å². The van der Waals surface area contributed by atoms with Gasteiger partial charge < -0.3 is 14.6 Å². The number of nitrogens with zero attached hydrogens (tertiary/aromatic N) is 2. The molecule has 6 nitrogen and oxygen atoms in total. The van der Waals surface area contributed by atoms with Crippen LogP contribution in [0, 0.1) is 22.7 Å². The zero-order valence-corrected chi connectivity index (χ0v) is 13.6. The summed E-state index contributed by atoms with van der Waals surface area (Å²) in [6.45, 7) is 0. The fraction of sp³-hybridized carbons (Fsp3) is 0.105. The predicted octanol–water partition coefficient (Wildman–Crippen LogP) is 3.18. The minimum absolute atomic E-state index is 0.0369. The molecule has 1 N–H and O–H groups in total. The number of benzene rings is 2. The molecule has 0 amide bonds. The number of aromatic hydroxyl groups is 1. The third-order valence-electron chi connectivity index (χ3n) is 3.59. The third-order valence-corrected chi connectivity index (χ3v) is 3.59. The highest BCUT2D eigenvalue weighted by Gasteiger charge is 2.15. The summed E-state index contributed by atoms with van der Waals surface area (Å²) < 4.78 is 10.4. The number of phenolic OH excluding ortho intramolecular Hbond substituents is 1. The van der Waals surface area contributed by atoms with E-state index in [1.165, 1.54) is 32.4 Å². The number of rotatable bonds is 5. The molecule has 0 aromatic heterocycles. The monoisotopic (exact) mass is 334 g/mol. The number of carbonyl (C=O) groups excluding carboxylic acids is 1. The molecule has 2 aromatic rings. The molecule has 0 saturated heterocycles. The summed E-state index contributed by atoms with van der Waals surface area (Å²) >= 11 is 0. The second-order valence-electron chi connectivity index (χ2n) is 4.93. The molecule has 0 unspecified atom stereocenters. The Labute approximate surface area is 144 Å². The number of allylic oxidation sites excluding steroid dienone is 2. The average Bonchev–Trinajstić information content (AvgIpc) is 2.66. The maximum Gasteiger partial charge on any atom is 0.161 e. The molecule has 6 heteroatoms. The molecule has 0 bridgehead atoms. The van der Waals surface area contributed by atoms with E-state index in [2.05, 4.69) is 0 Å². The molecule has 0 heterocycles. The largest absolute Gasteiger partial charge is 0.507 e. The third kappa shape index (κ3) is 3.44. The summed E-state index contributed by atoms with van der Waals surface area (Å²) in [5.74, 6) is 0.722. The number of methoxy groups -OCH3 is 2. The van der Waals surface area contributed by atoms with Crippen LogP contribution in [0.4, 0.5) is 0 Å². The lowest BCUT2D eigenvalue weighted by Crippen LogP contribution is -1.95. The van der Waals surface area contributed by atoms with Crippen LogP contribution in [0.5, 0.6) is 17.2 Å². The molecule has 0 radical (unpaired) electrons. The second-order valence-corrected chi connectivity index (χ2v) is 4.93. The topological polar surface area (TPSA) is 103 Å². The number of hydrogen-bond acceptors (Lipinski definition) is 6. The molecule has 0 saturated carbocycles. The fourth-order valence-electron chi connectivity index (χ4n) is 2.33. The lowest BCUT2D eigenvalue weighted by molar-refractivity contribution is 0.112. The molecule has 0 aliphatic rings. The Hall–Kier alpha value is -3.77. The van der Waals surface area contributed by atoms with Crippen LogP contribution in [0.15, 0.2) is 36.4 Å². The van der Waals surface area contributed by atoms with E-state index >= 15 is 0 Å². The number of ether oxygens (including phenoxy) is 2. The predicted molar refractivity (Wildman–Crippen MR) is 91.1 cm³/mol. The number of nitriles is 2. The highest BCUT2D eigenvalue weighted by atomic mass is 16.5. The number of carbonyl (C=O) groups is 1. The van der Waals surface area contributed by atoms with E-state index in [1.54, 1.807) is 18.2 Å². The minimum atomic E-state index is -0.194. The first-order valence-corrected chi connectivity index (χ1v) is 7.15. The van der Waals surface area contributed by atoms with E-state index in [-0.39, 0.29) is 22.5 Å². The van der Waals surface area contributed by atoms with Crippen LogP contribution in [0.1, 0.15) is 21.5 Å². The van der Waals surface area contributed by atoms with Crippen molar-refractivity contribution in [2.24, 2.45) is 0 Å². The van der Waals surface area contributed by atoms with Gasteiger partial charge in [-0.25, -0.2) is 0 Å². The SMILES string of the molecule is COc1ccc(/C(C#N)=C(\C#N)c2ccc(O)c(C=O)c2)cc1OC. The molecular formula is C19H14N2O4. The van der Waals surface area contributed by atoms with Crippen LogP contribution in [0.25, 0.3) is 11.1 Å². The van der Waals surface area contributed by atoms with Crippen molar-refractivity contribution in [3.8, 4) is 29.4 Å². The maximum atomic E-state index is 11.0. The lowest BCUT2D eigenvalue weighted by Gasteiger charge is -2.10. The van der Waals surface area contributed by atoms with Gasteiger partial charge in [0, 0.05) is 0 Å². The summed E-state index contributed by atoms with van der Waals surface area (Å²) in [6.07, 6.45) is 0.482. The van der Waals surface area contributed by atoms with Gasteiger partial charge in [0.05, 0.1) is 30.9 Å². The Bertz CT molecular complexity index is 933. The summed E-state index contributed by atoms with van der Waals surface area (Å²) in [6, 6.07) is 13.0. The number of aldehydes is 1. The first-order chi connectivity index (χ1) is 12.1. The average molecular weight is 334 g/mol. The molecule has 2 aromatic carbocycles. The Morgan fingerprint density at radius 3 is 2.04 bits per heavy atom. The molecule has 0 aliphatic heterocycles. The van der Waals surface area contributed by atoms with Gasteiger partial charge in [0.2, 0.25) is 0 Å². The Kier molecular flexibility index (Phi) is 5.39. The van der Waals surface area contributed by atoms with Crippen molar-refractivity contribution in [2.45, 2.75) is 0 Å². The summed E-state index contributed by atoms with van der Waals surface area (Å²) in [4.78, 5) is 11.0. The molecular weight excluding hydrogens is 320 g/mol. The molecule has 0 fully saturated rings. The second kappa shape index (κ2) is 7.67. The smallest absolute Gasteiger partial charge is 0.161 e. The maximum absolute atomic E-state index is 11.0. The van der Waals surface area contributed by atoms with Gasteiger partial charge >= 0.3 is 0 Å². The van der Waals surface area contributed by atoms with Crippen molar-refractivity contribution >= 4 is 17.4 Å². The normalized spacial score (nSPS) is 10.9. The number of hydrogen-bond donors (Lipinski definition) is 1. The van der Waals surface area contributed by atoms with E-state index in [4.69, 9.17) is 9.47 Å². The summed E-state index contributed by atoms with van der Waals surface area (Å²) in [5.41, 5.74) is 1.06. The minimum Gasteiger partial charge on any atom is -0.507 e. The summed E-state index contributed by atoms with van der Waals surface area (Å²) in [7, 11) is 2.97. The molecule has 2 rings (SSSR count). The zero-order chi connectivity index (χ0) is 18.4. The molecule has 0 aliphatic carbocycles. The van der Waals surface area contributed by atoms with Crippen LogP contribution in [-0.2, 0) is 0 Å². The first kappa shape index (κ1) is 17.6. The Morgan fingerprint density at radius 2 is 1.52 bits per heavy atom. The van der Waals surface area contributed by atoms with Crippen molar-refractivity contribution in [3.63, 3.8) is 0 Å². The molecule has 25 heavy (non-hydrogen) atoms. The van der Waals surface area contributed by atoms with Crippen LogP contribution in [-0.4, -0.2) is 25.6 Å². The zero-order valence-electron chi connectivity index (χ0n) is 13.6. The van der Waals surface area contributed by atoms with E-state index in [9.17, 15) is 20.4 Å². The van der Waals surface area contributed by atoms with E-state index in [0.717, 1.165) is 0 Å². The fourth-order valence-corrected chi connectivity index (χ4v) is 2.33. The molecule has 0 atom stereocenters. The van der Waals surface area contributed by atoms with Gasteiger partial charge in [0.1, 0.15) is 17.9 Å². The number of phenols is 1.